The van der Waals surface area contributed by atoms with Crippen LogP contribution < -0.4 is 0 Å². The summed E-state index contributed by atoms with van der Waals surface area (Å²) < 4.78 is 2.19. The Labute approximate surface area is 90.2 Å². The first-order chi connectivity index (χ1) is 7.22. The molecule has 1 aromatic heterocycles. The van der Waals surface area contributed by atoms with Gasteiger partial charge in [0, 0.05) is 30.6 Å². The van der Waals surface area contributed by atoms with E-state index in [1.165, 1.54) is 24.1 Å². The molecule has 0 spiro atoms. The SMILES string of the molecule is C/N=C/c1nn(C(C)C)c2c1C1CC1C2. The van der Waals surface area contributed by atoms with E-state index < -0.39 is 0 Å². The maximum Gasteiger partial charge on any atom is 0.107 e. The van der Waals surface area contributed by atoms with E-state index in [9.17, 15) is 0 Å². The predicted octanol–water partition coefficient (Wildman–Crippen LogP) is 2.17. The van der Waals surface area contributed by atoms with Gasteiger partial charge in [-0.1, -0.05) is 0 Å². The van der Waals surface area contributed by atoms with Gasteiger partial charge in [-0.2, -0.15) is 5.10 Å². The molecule has 0 aliphatic heterocycles. The number of aromatic nitrogens is 2. The van der Waals surface area contributed by atoms with Crippen LogP contribution in [0.2, 0.25) is 0 Å². The summed E-state index contributed by atoms with van der Waals surface area (Å²) in [4.78, 5) is 4.11. The van der Waals surface area contributed by atoms with Gasteiger partial charge >= 0.3 is 0 Å². The van der Waals surface area contributed by atoms with Crippen molar-refractivity contribution in [3.8, 4) is 0 Å². The molecule has 0 bridgehead atoms. The van der Waals surface area contributed by atoms with Crippen LogP contribution in [0.4, 0.5) is 0 Å². The Morgan fingerprint density at radius 2 is 2.33 bits per heavy atom. The normalized spacial score (nSPS) is 27.5. The van der Waals surface area contributed by atoms with Crippen LogP contribution in [0, 0.1) is 5.92 Å². The first-order valence-electron chi connectivity index (χ1n) is 5.75. The standard InChI is InChI=1S/C12H17N3/c1-7(2)15-11-5-8-4-9(8)12(11)10(14-15)6-13-3/h6-9H,4-5H2,1-3H3/b13-6+. The van der Waals surface area contributed by atoms with E-state index in [2.05, 4.69) is 28.6 Å². The van der Waals surface area contributed by atoms with Crippen molar-refractivity contribution in [3.05, 3.63) is 17.0 Å². The number of hydrogen-bond acceptors (Lipinski definition) is 2. The van der Waals surface area contributed by atoms with Crippen molar-refractivity contribution in [1.29, 1.82) is 0 Å². The molecule has 3 rings (SSSR count). The molecule has 0 aromatic carbocycles. The Morgan fingerprint density at radius 1 is 1.53 bits per heavy atom. The molecule has 2 atom stereocenters. The van der Waals surface area contributed by atoms with Crippen LogP contribution in [0.1, 0.15) is 49.2 Å². The fraction of sp³-hybridized carbons (Fsp3) is 0.667. The Bertz CT molecular complexity index is 428. The second kappa shape index (κ2) is 2.94. The van der Waals surface area contributed by atoms with Crippen molar-refractivity contribution in [3.63, 3.8) is 0 Å². The van der Waals surface area contributed by atoms with Crippen LogP contribution in [-0.2, 0) is 6.42 Å². The van der Waals surface area contributed by atoms with Gasteiger partial charge < -0.3 is 0 Å². The number of fused-ring (bicyclic) bond motifs is 3. The lowest BCUT2D eigenvalue weighted by molar-refractivity contribution is 0.505. The first kappa shape index (κ1) is 9.13. The van der Waals surface area contributed by atoms with Gasteiger partial charge in [-0.3, -0.25) is 9.67 Å². The third-order valence-corrected chi connectivity index (χ3v) is 3.57. The van der Waals surface area contributed by atoms with E-state index in [0.717, 1.165) is 17.5 Å². The summed E-state index contributed by atoms with van der Waals surface area (Å²) in [6, 6.07) is 0.468. The minimum Gasteiger partial charge on any atom is -0.294 e. The van der Waals surface area contributed by atoms with Crippen molar-refractivity contribution in [2.75, 3.05) is 7.05 Å². The Kier molecular flexibility index (Phi) is 1.79. The second-order valence-electron chi connectivity index (χ2n) is 4.98. The highest BCUT2D eigenvalue weighted by molar-refractivity contribution is 5.80. The molecule has 0 saturated heterocycles. The van der Waals surface area contributed by atoms with Gasteiger partial charge in [-0.25, -0.2) is 0 Å². The molecule has 1 saturated carbocycles. The van der Waals surface area contributed by atoms with Crippen LogP contribution in [0.25, 0.3) is 0 Å². The number of hydrogen-bond donors (Lipinski definition) is 0. The summed E-state index contributed by atoms with van der Waals surface area (Å²) >= 11 is 0. The van der Waals surface area contributed by atoms with E-state index in [0.29, 0.717) is 6.04 Å². The Hall–Kier alpha value is -1.12. The highest BCUT2D eigenvalue weighted by atomic mass is 15.3. The maximum absolute atomic E-state index is 4.67. The molecule has 2 aliphatic carbocycles. The molecule has 2 unspecified atom stereocenters. The quantitative estimate of drug-likeness (QED) is 0.677. The van der Waals surface area contributed by atoms with Crippen molar-refractivity contribution in [2.24, 2.45) is 10.9 Å². The summed E-state index contributed by atoms with van der Waals surface area (Å²) in [6.45, 7) is 4.40. The highest BCUT2D eigenvalue weighted by Gasteiger charge is 2.48. The van der Waals surface area contributed by atoms with E-state index in [4.69, 9.17) is 0 Å². The largest absolute Gasteiger partial charge is 0.294 e. The van der Waals surface area contributed by atoms with Gasteiger partial charge in [0.15, 0.2) is 0 Å². The minimum absolute atomic E-state index is 0.468. The predicted molar refractivity (Wildman–Crippen MR) is 60.7 cm³/mol. The third kappa shape index (κ3) is 1.18. The molecule has 0 N–H and O–H groups in total. The molecule has 3 heteroatoms. The average Bonchev–Trinajstić information content (AvgIpc) is 2.71. The van der Waals surface area contributed by atoms with Gasteiger partial charge in [0.05, 0.1) is 0 Å². The summed E-state index contributed by atoms with van der Waals surface area (Å²) in [5.41, 5.74) is 4.09. The van der Waals surface area contributed by atoms with Gasteiger partial charge in [0.2, 0.25) is 0 Å². The monoisotopic (exact) mass is 203 g/mol. The zero-order chi connectivity index (χ0) is 10.6. The van der Waals surface area contributed by atoms with Crippen molar-refractivity contribution >= 4 is 6.21 Å². The van der Waals surface area contributed by atoms with Gasteiger partial charge in [-0.15, -0.1) is 0 Å². The van der Waals surface area contributed by atoms with Crippen LogP contribution >= 0.6 is 0 Å². The molecule has 80 valence electrons. The lowest BCUT2D eigenvalue weighted by atomic mass is 10.1. The topological polar surface area (TPSA) is 30.2 Å². The van der Waals surface area contributed by atoms with Crippen molar-refractivity contribution < 1.29 is 0 Å². The third-order valence-electron chi connectivity index (χ3n) is 3.57. The van der Waals surface area contributed by atoms with E-state index in [1.807, 2.05) is 13.3 Å². The van der Waals surface area contributed by atoms with Crippen molar-refractivity contribution in [2.45, 2.75) is 38.6 Å². The molecule has 2 aliphatic rings. The second-order valence-corrected chi connectivity index (χ2v) is 4.98. The molecule has 3 nitrogen and oxygen atoms in total. The summed E-state index contributed by atoms with van der Waals surface area (Å²) in [6.07, 6.45) is 4.53. The Morgan fingerprint density at radius 3 is 3.00 bits per heavy atom. The molecule has 1 aromatic rings. The average molecular weight is 203 g/mol. The molecule has 0 amide bonds. The van der Waals surface area contributed by atoms with Gasteiger partial charge in [0.25, 0.3) is 0 Å². The van der Waals surface area contributed by atoms with Crippen molar-refractivity contribution in [1.82, 2.24) is 9.78 Å². The summed E-state index contributed by atoms with van der Waals surface area (Å²) in [7, 11) is 1.82. The molecular formula is C12H17N3. The van der Waals surface area contributed by atoms with Gasteiger partial charge in [0.1, 0.15) is 5.69 Å². The smallest absolute Gasteiger partial charge is 0.107 e. The molecule has 1 fully saturated rings. The fourth-order valence-corrected chi connectivity index (χ4v) is 2.83. The molecule has 1 heterocycles. The lowest BCUT2D eigenvalue weighted by Gasteiger charge is -2.09. The molecule has 15 heavy (non-hydrogen) atoms. The number of nitrogens with zero attached hydrogens (tertiary/aromatic N) is 3. The van der Waals surface area contributed by atoms with E-state index in [-0.39, 0.29) is 0 Å². The lowest BCUT2D eigenvalue weighted by Crippen LogP contribution is -2.07. The summed E-state index contributed by atoms with van der Waals surface area (Å²) in [5, 5.41) is 4.67. The Balaban J connectivity index is 2.13. The zero-order valence-electron chi connectivity index (χ0n) is 9.57. The van der Waals surface area contributed by atoms with Crippen LogP contribution in [-0.4, -0.2) is 23.0 Å². The highest BCUT2D eigenvalue weighted by Crippen LogP contribution is 2.57. The fourth-order valence-electron chi connectivity index (χ4n) is 2.83. The zero-order valence-corrected chi connectivity index (χ0v) is 9.57. The first-order valence-corrected chi connectivity index (χ1v) is 5.75. The molecular weight excluding hydrogens is 186 g/mol. The minimum atomic E-state index is 0.468. The van der Waals surface area contributed by atoms with Crippen LogP contribution in [0.15, 0.2) is 4.99 Å². The van der Waals surface area contributed by atoms with Crippen LogP contribution in [0.3, 0.4) is 0 Å². The van der Waals surface area contributed by atoms with Crippen LogP contribution in [0.5, 0.6) is 0 Å². The number of aliphatic imine (C=N–C) groups is 1. The number of rotatable bonds is 2. The summed E-state index contributed by atoms with van der Waals surface area (Å²) in [5.74, 6) is 1.73. The molecule has 0 radical (unpaired) electrons. The van der Waals surface area contributed by atoms with E-state index in [1.54, 1.807) is 0 Å². The van der Waals surface area contributed by atoms with Gasteiger partial charge in [-0.05, 0) is 38.5 Å². The van der Waals surface area contributed by atoms with E-state index >= 15 is 0 Å². The maximum atomic E-state index is 4.67.